The second kappa shape index (κ2) is 5.76. The van der Waals surface area contributed by atoms with Gasteiger partial charge in [0.2, 0.25) is 0 Å². The molecule has 0 unspecified atom stereocenters. The Kier molecular flexibility index (Phi) is 4.25. The van der Waals surface area contributed by atoms with Gasteiger partial charge < -0.3 is 4.90 Å². The van der Waals surface area contributed by atoms with Gasteiger partial charge in [0.15, 0.2) is 5.13 Å². The van der Waals surface area contributed by atoms with Crippen molar-refractivity contribution in [2.75, 3.05) is 32.6 Å². The van der Waals surface area contributed by atoms with Crippen molar-refractivity contribution >= 4 is 32.6 Å². The summed E-state index contributed by atoms with van der Waals surface area (Å²) < 4.78 is 1.18. The van der Waals surface area contributed by atoms with Crippen LogP contribution in [-0.2, 0) is 9.63 Å². The van der Waals surface area contributed by atoms with Crippen LogP contribution in [-0.4, -0.2) is 43.7 Å². The molecule has 0 saturated heterocycles. The van der Waals surface area contributed by atoms with Crippen LogP contribution in [0.5, 0.6) is 0 Å². The first kappa shape index (κ1) is 14.7. The molecule has 0 spiro atoms. The SMILES string of the molecule is CON(C)C(=O)CN(C)c1nc2c(C)ccc(C)c2s1. The summed E-state index contributed by atoms with van der Waals surface area (Å²) in [6, 6.07) is 4.18. The maximum Gasteiger partial charge on any atom is 0.265 e. The van der Waals surface area contributed by atoms with Gasteiger partial charge in [-0.3, -0.25) is 9.63 Å². The molecule has 2 rings (SSSR count). The second-order valence-electron chi connectivity index (χ2n) is 4.80. The molecule has 20 heavy (non-hydrogen) atoms. The van der Waals surface area contributed by atoms with Gasteiger partial charge in [0.05, 0.1) is 17.3 Å². The molecule has 0 aliphatic heterocycles. The number of hydrogen-bond acceptors (Lipinski definition) is 5. The molecule has 0 N–H and O–H groups in total. The summed E-state index contributed by atoms with van der Waals surface area (Å²) in [6.07, 6.45) is 0. The van der Waals surface area contributed by atoms with Gasteiger partial charge in [-0.2, -0.15) is 0 Å². The number of hydrogen-bond donors (Lipinski definition) is 0. The normalized spacial score (nSPS) is 10.8. The number of rotatable bonds is 4. The first-order chi connectivity index (χ1) is 9.43. The molecule has 0 aliphatic rings. The van der Waals surface area contributed by atoms with E-state index in [1.54, 1.807) is 18.4 Å². The molecule has 6 heteroatoms. The van der Waals surface area contributed by atoms with Gasteiger partial charge >= 0.3 is 0 Å². The minimum absolute atomic E-state index is 0.109. The summed E-state index contributed by atoms with van der Waals surface area (Å²) in [5.41, 5.74) is 3.38. The minimum Gasteiger partial charge on any atom is -0.342 e. The summed E-state index contributed by atoms with van der Waals surface area (Å²) >= 11 is 1.61. The third-order valence-electron chi connectivity index (χ3n) is 3.25. The molecule has 1 aromatic heterocycles. The molecule has 0 saturated carbocycles. The largest absolute Gasteiger partial charge is 0.342 e. The van der Waals surface area contributed by atoms with Gasteiger partial charge in [0.1, 0.15) is 6.54 Å². The van der Waals surface area contributed by atoms with Crippen LogP contribution < -0.4 is 4.90 Å². The Morgan fingerprint density at radius 3 is 2.55 bits per heavy atom. The van der Waals surface area contributed by atoms with E-state index in [-0.39, 0.29) is 12.5 Å². The van der Waals surface area contributed by atoms with Crippen molar-refractivity contribution in [2.45, 2.75) is 13.8 Å². The van der Waals surface area contributed by atoms with Gasteiger partial charge in [-0.25, -0.2) is 10.0 Å². The maximum atomic E-state index is 11.8. The van der Waals surface area contributed by atoms with Crippen LogP contribution in [0.25, 0.3) is 10.2 Å². The highest BCUT2D eigenvalue weighted by atomic mass is 32.1. The topological polar surface area (TPSA) is 45.7 Å². The lowest BCUT2D eigenvalue weighted by molar-refractivity contribution is -0.166. The highest BCUT2D eigenvalue weighted by Crippen LogP contribution is 2.32. The van der Waals surface area contributed by atoms with Crippen LogP contribution in [0.2, 0.25) is 0 Å². The number of carbonyl (C=O) groups is 1. The highest BCUT2D eigenvalue weighted by Gasteiger charge is 2.16. The molecule has 1 heterocycles. The summed E-state index contributed by atoms with van der Waals surface area (Å²) in [6.45, 7) is 4.37. The van der Waals surface area contributed by atoms with Crippen LogP contribution in [0.15, 0.2) is 12.1 Å². The predicted molar refractivity (Wildman–Crippen MR) is 82.1 cm³/mol. The van der Waals surface area contributed by atoms with E-state index in [4.69, 9.17) is 4.84 Å². The van der Waals surface area contributed by atoms with Crippen LogP contribution in [0.1, 0.15) is 11.1 Å². The van der Waals surface area contributed by atoms with Gasteiger partial charge in [-0.15, -0.1) is 0 Å². The zero-order chi connectivity index (χ0) is 14.9. The first-order valence-corrected chi connectivity index (χ1v) is 7.14. The van der Waals surface area contributed by atoms with Crippen molar-refractivity contribution in [3.05, 3.63) is 23.3 Å². The summed E-state index contributed by atoms with van der Waals surface area (Å²) in [5.74, 6) is -0.109. The van der Waals surface area contributed by atoms with E-state index in [2.05, 4.69) is 31.0 Å². The molecule has 1 aromatic carbocycles. The average molecular weight is 293 g/mol. The predicted octanol–water partition coefficient (Wildman–Crippen LogP) is 2.37. The third kappa shape index (κ3) is 2.76. The van der Waals surface area contributed by atoms with E-state index >= 15 is 0 Å². The van der Waals surface area contributed by atoms with Crippen molar-refractivity contribution in [1.29, 1.82) is 0 Å². The number of amides is 1. The zero-order valence-electron chi connectivity index (χ0n) is 12.4. The third-order valence-corrected chi connectivity index (χ3v) is 4.56. The van der Waals surface area contributed by atoms with E-state index in [9.17, 15) is 4.79 Å². The van der Waals surface area contributed by atoms with Crippen LogP contribution in [0.4, 0.5) is 5.13 Å². The Bertz CT molecular complexity index is 600. The van der Waals surface area contributed by atoms with Crippen molar-refractivity contribution in [2.24, 2.45) is 0 Å². The first-order valence-electron chi connectivity index (χ1n) is 6.32. The fourth-order valence-electron chi connectivity index (χ4n) is 1.88. The van der Waals surface area contributed by atoms with E-state index < -0.39 is 0 Å². The number of likely N-dealkylation sites (N-methyl/N-ethyl adjacent to an activating group) is 2. The molecular formula is C14H19N3O2S. The second-order valence-corrected chi connectivity index (χ2v) is 5.78. The van der Waals surface area contributed by atoms with Crippen LogP contribution >= 0.6 is 11.3 Å². The van der Waals surface area contributed by atoms with E-state index in [1.807, 2.05) is 11.9 Å². The lowest BCUT2D eigenvalue weighted by Gasteiger charge is -2.19. The Labute approximate surface area is 122 Å². The standard InChI is InChI=1S/C14H19N3O2S/c1-9-6-7-10(2)13-12(9)15-14(20-13)16(3)8-11(18)17(4)19-5/h6-7H,8H2,1-5H3. The summed E-state index contributed by atoms with van der Waals surface area (Å²) in [7, 11) is 4.94. The lowest BCUT2D eigenvalue weighted by Crippen LogP contribution is -2.35. The number of aromatic nitrogens is 1. The van der Waals surface area contributed by atoms with E-state index in [0.29, 0.717) is 0 Å². The Hall–Kier alpha value is -1.66. The quantitative estimate of drug-likeness (QED) is 0.812. The summed E-state index contributed by atoms with van der Waals surface area (Å²) in [5, 5.41) is 2.07. The van der Waals surface area contributed by atoms with Gasteiger partial charge in [-0.05, 0) is 25.0 Å². The number of carbonyl (C=O) groups excluding carboxylic acids is 1. The van der Waals surface area contributed by atoms with Crippen molar-refractivity contribution in [1.82, 2.24) is 10.0 Å². The molecule has 0 aliphatic carbocycles. The monoisotopic (exact) mass is 293 g/mol. The van der Waals surface area contributed by atoms with Gasteiger partial charge in [-0.1, -0.05) is 23.5 Å². The van der Waals surface area contributed by atoms with Crippen LogP contribution in [0, 0.1) is 13.8 Å². The van der Waals surface area contributed by atoms with E-state index in [0.717, 1.165) is 16.2 Å². The lowest BCUT2D eigenvalue weighted by atomic mass is 10.1. The number of benzene rings is 1. The molecule has 0 radical (unpaired) electrons. The Balaban J connectivity index is 2.27. The van der Waals surface area contributed by atoms with Gasteiger partial charge in [0, 0.05) is 14.1 Å². The smallest absolute Gasteiger partial charge is 0.265 e. The van der Waals surface area contributed by atoms with Gasteiger partial charge in [0.25, 0.3) is 5.91 Å². The van der Waals surface area contributed by atoms with Crippen molar-refractivity contribution in [3.63, 3.8) is 0 Å². The summed E-state index contributed by atoms with van der Waals surface area (Å²) in [4.78, 5) is 23.2. The van der Waals surface area contributed by atoms with Crippen LogP contribution in [0.3, 0.4) is 0 Å². The molecule has 2 aromatic rings. The number of aryl methyl sites for hydroxylation is 2. The molecule has 0 fully saturated rings. The van der Waals surface area contributed by atoms with Crippen molar-refractivity contribution < 1.29 is 9.63 Å². The molecule has 5 nitrogen and oxygen atoms in total. The minimum atomic E-state index is -0.109. The zero-order valence-corrected chi connectivity index (χ0v) is 13.2. The molecule has 1 amide bonds. The molecule has 108 valence electrons. The molecule has 0 bridgehead atoms. The molecular weight excluding hydrogens is 274 g/mol. The number of anilines is 1. The highest BCUT2D eigenvalue weighted by molar-refractivity contribution is 7.22. The fraction of sp³-hybridized carbons (Fsp3) is 0.429. The number of nitrogens with zero attached hydrogens (tertiary/aromatic N) is 3. The fourth-order valence-corrected chi connectivity index (χ4v) is 2.96. The van der Waals surface area contributed by atoms with Crippen molar-refractivity contribution in [3.8, 4) is 0 Å². The number of thiazole rings is 1. The Morgan fingerprint density at radius 1 is 1.30 bits per heavy atom. The molecule has 0 atom stereocenters. The number of fused-ring (bicyclic) bond motifs is 1. The Morgan fingerprint density at radius 2 is 1.95 bits per heavy atom. The van der Waals surface area contributed by atoms with E-state index in [1.165, 1.54) is 22.4 Å². The number of hydroxylamine groups is 2. The average Bonchev–Trinajstić information content (AvgIpc) is 2.88. The maximum absolute atomic E-state index is 11.8.